The van der Waals surface area contributed by atoms with Crippen molar-refractivity contribution in [1.82, 2.24) is 4.90 Å². The summed E-state index contributed by atoms with van der Waals surface area (Å²) in [6.07, 6.45) is 0.0767. The van der Waals surface area contributed by atoms with E-state index in [2.05, 4.69) is 0 Å². The molecule has 4 N–H and O–H groups in total. The lowest BCUT2D eigenvalue weighted by Gasteiger charge is -2.42. The van der Waals surface area contributed by atoms with Gasteiger partial charge in [0.05, 0.1) is 28.8 Å². The molecule has 0 spiro atoms. The standard InChI is InChI=1S/C25H21Cl2NO7/c1-35-25(34)18-9-13-10-21(31)22(32)11-14(13)17(7-12-5-6-19(29)20(30)8-12)28(18)24(33)23-15(26)3-2-4-16(23)27/h2-6,8,10-11,17-18,29-32H,7,9H2,1H3/t17-,18-/m0/s1. The molecular formula is C25H21Cl2NO7. The lowest BCUT2D eigenvalue weighted by molar-refractivity contribution is -0.147. The first-order valence-corrected chi connectivity index (χ1v) is 11.3. The average Bonchev–Trinajstić information content (AvgIpc) is 2.81. The van der Waals surface area contributed by atoms with Gasteiger partial charge in [-0.15, -0.1) is 0 Å². The van der Waals surface area contributed by atoms with E-state index in [0.717, 1.165) is 0 Å². The Morgan fingerprint density at radius 2 is 1.57 bits per heavy atom. The Labute approximate surface area is 210 Å². The number of aromatic hydroxyl groups is 4. The summed E-state index contributed by atoms with van der Waals surface area (Å²) in [6.45, 7) is 0. The number of halogens is 2. The van der Waals surface area contributed by atoms with Gasteiger partial charge in [0.2, 0.25) is 0 Å². The van der Waals surface area contributed by atoms with Crippen LogP contribution in [-0.4, -0.2) is 50.4 Å². The Kier molecular flexibility index (Phi) is 6.69. The van der Waals surface area contributed by atoms with Gasteiger partial charge in [0.1, 0.15) is 6.04 Å². The number of benzene rings is 3. The van der Waals surface area contributed by atoms with Gasteiger partial charge in [-0.1, -0.05) is 35.3 Å². The van der Waals surface area contributed by atoms with Crippen LogP contribution in [0.5, 0.6) is 23.0 Å². The van der Waals surface area contributed by atoms with E-state index in [1.807, 2.05) is 0 Å². The van der Waals surface area contributed by atoms with Gasteiger partial charge in [-0.25, -0.2) is 4.79 Å². The molecule has 3 aromatic carbocycles. The third kappa shape index (κ3) is 4.54. The quantitative estimate of drug-likeness (QED) is 0.299. The van der Waals surface area contributed by atoms with Crippen LogP contribution >= 0.6 is 23.2 Å². The van der Waals surface area contributed by atoms with Gasteiger partial charge in [0.15, 0.2) is 23.0 Å². The number of esters is 1. The molecule has 0 bridgehead atoms. The largest absolute Gasteiger partial charge is 0.504 e. The SMILES string of the molecule is COC(=O)[C@@H]1Cc2cc(O)c(O)cc2[C@H](Cc2ccc(O)c(O)c2)N1C(=O)c1c(Cl)cccc1Cl. The van der Waals surface area contributed by atoms with Crippen LogP contribution in [0.15, 0.2) is 48.5 Å². The summed E-state index contributed by atoms with van der Waals surface area (Å²) in [4.78, 5) is 28.1. The molecule has 10 heteroatoms. The maximum atomic E-state index is 13.9. The van der Waals surface area contributed by atoms with Gasteiger partial charge >= 0.3 is 5.97 Å². The first-order valence-electron chi connectivity index (χ1n) is 10.5. The molecule has 0 saturated carbocycles. The average molecular weight is 518 g/mol. The molecule has 0 unspecified atom stereocenters. The zero-order valence-electron chi connectivity index (χ0n) is 18.4. The van der Waals surface area contributed by atoms with Crippen LogP contribution in [0.2, 0.25) is 10.0 Å². The Bertz CT molecular complexity index is 1310. The van der Waals surface area contributed by atoms with Crippen molar-refractivity contribution >= 4 is 35.1 Å². The Balaban J connectivity index is 1.93. The molecule has 1 aliphatic rings. The highest BCUT2D eigenvalue weighted by molar-refractivity contribution is 6.39. The van der Waals surface area contributed by atoms with E-state index in [-0.39, 0.29) is 45.7 Å². The smallest absolute Gasteiger partial charge is 0.328 e. The second-order valence-electron chi connectivity index (χ2n) is 8.13. The Morgan fingerprint density at radius 1 is 0.943 bits per heavy atom. The van der Waals surface area contributed by atoms with Gasteiger partial charge in [-0.05, 0) is 59.5 Å². The third-order valence-corrected chi connectivity index (χ3v) is 6.66. The van der Waals surface area contributed by atoms with Gasteiger partial charge in [0, 0.05) is 6.42 Å². The minimum atomic E-state index is -1.10. The van der Waals surface area contributed by atoms with Crippen LogP contribution in [0.4, 0.5) is 0 Å². The number of ether oxygens (including phenoxy) is 1. The van der Waals surface area contributed by atoms with Crippen LogP contribution in [0.3, 0.4) is 0 Å². The normalized spacial score (nSPS) is 17.1. The van der Waals surface area contributed by atoms with E-state index < -0.39 is 29.7 Å². The summed E-state index contributed by atoms with van der Waals surface area (Å²) in [5.41, 5.74) is 1.52. The second-order valence-corrected chi connectivity index (χ2v) is 8.95. The van der Waals surface area contributed by atoms with Crippen molar-refractivity contribution in [3.63, 3.8) is 0 Å². The molecule has 8 nitrogen and oxygen atoms in total. The highest BCUT2D eigenvalue weighted by Gasteiger charge is 2.43. The van der Waals surface area contributed by atoms with Gasteiger partial charge in [0.25, 0.3) is 5.91 Å². The van der Waals surface area contributed by atoms with Crippen molar-refractivity contribution in [2.45, 2.75) is 24.9 Å². The summed E-state index contributed by atoms with van der Waals surface area (Å²) >= 11 is 12.6. The molecule has 35 heavy (non-hydrogen) atoms. The summed E-state index contributed by atoms with van der Waals surface area (Å²) in [7, 11) is 1.20. The number of hydrogen-bond acceptors (Lipinski definition) is 7. The van der Waals surface area contributed by atoms with Crippen LogP contribution in [-0.2, 0) is 22.4 Å². The molecule has 0 saturated heterocycles. The molecule has 182 valence electrons. The molecule has 4 rings (SSSR count). The third-order valence-electron chi connectivity index (χ3n) is 6.03. The Hall–Kier alpha value is -3.62. The number of carbonyl (C=O) groups is 2. The fourth-order valence-corrected chi connectivity index (χ4v) is 4.93. The molecule has 2 atom stereocenters. The van der Waals surface area contributed by atoms with E-state index in [1.54, 1.807) is 12.1 Å². The topological polar surface area (TPSA) is 128 Å². The first-order chi connectivity index (χ1) is 16.6. The van der Waals surface area contributed by atoms with E-state index in [0.29, 0.717) is 16.7 Å². The van der Waals surface area contributed by atoms with Crippen molar-refractivity contribution < 1.29 is 34.8 Å². The highest BCUT2D eigenvalue weighted by atomic mass is 35.5. The number of rotatable bonds is 4. The van der Waals surface area contributed by atoms with Gasteiger partial charge in [-0.2, -0.15) is 0 Å². The van der Waals surface area contributed by atoms with E-state index in [9.17, 15) is 30.0 Å². The maximum Gasteiger partial charge on any atom is 0.328 e. The second kappa shape index (κ2) is 9.56. The molecule has 0 radical (unpaired) electrons. The predicted molar refractivity (Wildman–Crippen MR) is 128 cm³/mol. The fraction of sp³-hybridized carbons (Fsp3) is 0.200. The fourth-order valence-electron chi connectivity index (χ4n) is 4.37. The highest BCUT2D eigenvalue weighted by Crippen LogP contribution is 2.43. The van der Waals surface area contributed by atoms with Crippen LogP contribution in [0.1, 0.15) is 33.1 Å². The summed E-state index contributed by atoms with van der Waals surface area (Å²) in [5, 5.41) is 40.2. The zero-order chi connectivity index (χ0) is 25.4. The number of amides is 1. The molecule has 1 aliphatic heterocycles. The van der Waals surface area contributed by atoms with Crippen LogP contribution in [0.25, 0.3) is 0 Å². The van der Waals surface area contributed by atoms with Gasteiger partial charge < -0.3 is 30.1 Å². The lowest BCUT2D eigenvalue weighted by atomic mass is 9.84. The van der Waals surface area contributed by atoms with Crippen LogP contribution < -0.4 is 0 Å². The Morgan fingerprint density at radius 3 is 2.20 bits per heavy atom. The van der Waals surface area contributed by atoms with E-state index in [4.69, 9.17) is 27.9 Å². The number of hydrogen-bond donors (Lipinski definition) is 4. The molecule has 0 fully saturated rings. The van der Waals surface area contributed by atoms with Crippen molar-refractivity contribution in [1.29, 1.82) is 0 Å². The maximum absolute atomic E-state index is 13.9. The van der Waals surface area contributed by atoms with Crippen molar-refractivity contribution in [2.75, 3.05) is 7.11 Å². The first kappa shape index (κ1) is 24.5. The molecule has 1 heterocycles. The van der Waals surface area contributed by atoms with E-state index in [1.165, 1.54) is 48.4 Å². The van der Waals surface area contributed by atoms with Crippen molar-refractivity contribution in [2.24, 2.45) is 0 Å². The monoisotopic (exact) mass is 517 g/mol. The molecular weight excluding hydrogens is 497 g/mol. The number of phenols is 4. The summed E-state index contributed by atoms with van der Waals surface area (Å²) < 4.78 is 4.99. The number of phenolic OH excluding ortho intramolecular Hbond substituents is 4. The van der Waals surface area contributed by atoms with Crippen molar-refractivity contribution in [3.05, 3.63) is 80.8 Å². The predicted octanol–water partition coefficient (Wildman–Crippen LogP) is 4.34. The molecule has 3 aromatic rings. The summed E-state index contributed by atoms with van der Waals surface area (Å²) in [6, 6.07) is 9.49. The lowest BCUT2D eigenvalue weighted by Crippen LogP contribution is -2.52. The number of methoxy groups -OCH3 is 1. The van der Waals surface area contributed by atoms with Crippen LogP contribution in [0, 0.1) is 0 Å². The minimum Gasteiger partial charge on any atom is -0.504 e. The number of fused-ring (bicyclic) bond motifs is 1. The molecule has 1 amide bonds. The zero-order valence-corrected chi connectivity index (χ0v) is 19.9. The molecule has 0 aliphatic carbocycles. The van der Waals surface area contributed by atoms with Crippen molar-refractivity contribution in [3.8, 4) is 23.0 Å². The number of carbonyl (C=O) groups excluding carboxylic acids is 2. The summed E-state index contributed by atoms with van der Waals surface area (Å²) in [5.74, 6) is -2.78. The number of nitrogens with zero attached hydrogens (tertiary/aromatic N) is 1. The van der Waals surface area contributed by atoms with E-state index >= 15 is 0 Å². The minimum absolute atomic E-state index is 0.000978. The molecule has 0 aromatic heterocycles. The van der Waals surface area contributed by atoms with Gasteiger partial charge in [-0.3, -0.25) is 4.79 Å².